The molecule has 0 atom stereocenters. The van der Waals surface area contributed by atoms with Crippen molar-refractivity contribution in [1.82, 2.24) is 20.2 Å². The Bertz CT molecular complexity index is 637. The van der Waals surface area contributed by atoms with Gasteiger partial charge in [-0.3, -0.25) is 4.79 Å². The quantitative estimate of drug-likeness (QED) is 0.649. The molecule has 0 bridgehead atoms. The van der Waals surface area contributed by atoms with Crippen molar-refractivity contribution in [2.45, 2.75) is 36.9 Å². The second-order valence-electron chi connectivity index (χ2n) is 5.38. The molecule has 7 heteroatoms. The Kier molecular flexibility index (Phi) is 4.62. The molecule has 1 fully saturated rings. The number of amides is 1. The van der Waals surface area contributed by atoms with E-state index < -0.39 is 0 Å². The third-order valence-electron chi connectivity index (χ3n) is 3.75. The predicted octanol–water partition coefficient (Wildman–Crippen LogP) is 1.81. The van der Waals surface area contributed by atoms with E-state index in [1.54, 1.807) is 0 Å². The van der Waals surface area contributed by atoms with Crippen molar-refractivity contribution in [2.75, 3.05) is 11.6 Å². The monoisotopic (exact) mass is 317 g/mol. The van der Waals surface area contributed by atoms with Gasteiger partial charge < -0.3 is 11.2 Å². The minimum atomic E-state index is 0.0289. The van der Waals surface area contributed by atoms with Crippen molar-refractivity contribution in [1.29, 1.82) is 0 Å². The van der Waals surface area contributed by atoms with Crippen molar-refractivity contribution in [3.8, 4) is 11.4 Å². The molecule has 3 rings (SSSR count). The zero-order chi connectivity index (χ0) is 15.4. The molecular formula is C15H19N5OS. The fourth-order valence-electron chi connectivity index (χ4n) is 2.63. The van der Waals surface area contributed by atoms with Crippen LogP contribution in [0.2, 0.25) is 0 Å². The molecule has 116 valence electrons. The van der Waals surface area contributed by atoms with E-state index in [0.29, 0.717) is 22.8 Å². The van der Waals surface area contributed by atoms with Gasteiger partial charge in [-0.25, -0.2) is 4.68 Å². The molecule has 1 amide bonds. The molecule has 0 saturated heterocycles. The maximum absolute atomic E-state index is 11.9. The number of nitrogens with one attached hydrogen (secondary N) is 1. The Labute approximate surface area is 133 Å². The van der Waals surface area contributed by atoms with E-state index >= 15 is 0 Å². The molecular weight excluding hydrogens is 298 g/mol. The average Bonchev–Trinajstić information content (AvgIpc) is 3.16. The first kappa shape index (κ1) is 14.9. The summed E-state index contributed by atoms with van der Waals surface area (Å²) in [5, 5.41) is 11.8. The third-order valence-corrected chi connectivity index (χ3v) is 4.69. The number of carbonyl (C=O) groups is 1. The molecule has 1 aliphatic carbocycles. The molecule has 2 aromatic rings. The molecule has 0 radical (unpaired) electrons. The molecule has 1 aliphatic rings. The van der Waals surface area contributed by atoms with Gasteiger partial charge in [0.1, 0.15) is 0 Å². The second-order valence-corrected chi connectivity index (χ2v) is 6.32. The van der Waals surface area contributed by atoms with Gasteiger partial charge in [-0.05, 0) is 12.8 Å². The SMILES string of the molecule is Nn1c(SCC(=O)NC2CCCC2)nnc1-c1ccccc1. The van der Waals surface area contributed by atoms with E-state index in [1.807, 2.05) is 30.3 Å². The molecule has 6 nitrogen and oxygen atoms in total. The van der Waals surface area contributed by atoms with Crippen LogP contribution in [0, 0.1) is 0 Å². The first-order valence-corrected chi connectivity index (χ1v) is 8.40. The fourth-order valence-corrected chi connectivity index (χ4v) is 3.30. The van der Waals surface area contributed by atoms with E-state index in [9.17, 15) is 4.79 Å². The van der Waals surface area contributed by atoms with Crippen molar-refractivity contribution in [2.24, 2.45) is 0 Å². The van der Waals surface area contributed by atoms with Gasteiger partial charge in [0.05, 0.1) is 5.75 Å². The highest BCUT2D eigenvalue weighted by atomic mass is 32.2. The van der Waals surface area contributed by atoms with Gasteiger partial charge >= 0.3 is 0 Å². The van der Waals surface area contributed by atoms with Gasteiger partial charge in [-0.15, -0.1) is 10.2 Å². The van der Waals surface area contributed by atoms with Crippen molar-refractivity contribution in [3.05, 3.63) is 30.3 Å². The number of benzene rings is 1. The first-order valence-electron chi connectivity index (χ1n) is 7.42. The minimum Gasteiger partial charge on any atom is -0.353 e. The van der Waals surface area contributed by atoms with E-state index in [0.717, 1.165) is 18.4 Å². The lowest BCUT2D eigenvalue weighted by molar-refractivity contribution is -0.119. The van der Waals surface area contributed by atoms with E-state index in [-0.39, 0.29) is 5.91 Å². The number of nitrogen functional groups attached to an aromatic ring is 1. The number of nitrogens with two attached hydrogens (primary N) is 1. The summed E-state index contributed by atoms with van der Waals surface area (Å²) < 4.78 is 1.43. The maximum Gasteiger partial charge on any atom is 0.230 e. The topological polar surface area (TPSA) is 85.8 Å². The Morgan fingerprint density at radius 3 is 2.73 bits per heavy atom. The van der Waals surface area contributed by atoms with Crippen molar-refractivity contribution < 1.29 is 4.79 Å². The fraction of sp³-hybridized carbons (Fsp3) is 0.400. The summed E-state index contributed by atoms with van der Waals surface area (Å²) in [6, 6.07) is 9.97. The lowest BCUT2D eigenvalue weighted by Gasteiger charge is -2.11. The third kappa shape index (κ3) is 3.41. The smallest absolute Gasteiger partial charge is 0.230 e. The average molecular weight is 317 g/mol. The lowest BCUT2D eigenvalue weighted by atomic mass is 10.2. The number of aromatic nitrogens is 3. The summed E-state index contributed by atoms with van der Waals surface area (Å²) in [6.45, 7) is 0. The van der Waals surface area contributed by atoms with Crippen LogP contribution in [0.3, 0.4) is 0 Å². The molecule has 22 heavy (non-hydrogen) atoms. The van der Waals surface area contributed by atoms with Crippen LogP contribution in [0.4, 0.5) is 0 Å². The minimum absolute atomic E-state index is 0.0289. The number of hydrogen-bond acceptors (Lipinski definition) is 5. The van der Waals surface area contributed by atoms with Crippen LogP contribution in [0.5, 0.6) is 0 Å². The Morgan fingerprint density at radius 2 is 2.00 bits per heavy atom. The molecule has 1 aromatic heterocycles. The summed E-state index contributed by atoms with van der Waals surface area (Å²) >= 11 is 1.31. The Hall–Kier alpha value is -2.02. The molecule has 1 aromatic carbocycles. The number of carbonyl (C=O) groups excluding carboxylic acids is 1. The summed E-state index contributed by atoms with van der Waals surface area (Å²) in [5.74, 6) is 6.96. The largest absolute Gasteiger partial charge is 0.353 e. The highest BCUT2D eigenvalue weighted by Crippen LogP contribution is 2.22. The van der Waals surface area contributed by atoms with Crippen molar-refractivity contribution in [3.63, 3.8) is 0 Å². The standard InChI is InChI=1S/C15H19N5OS/c16-20-14(11-6-2-1-3-7-11)18-19-15(20)22-10-13(21)17-12-8-4-5-9-12/h1-3,6-7,12H,4-5,8-10,16H2,(H,17,21). The van der Waals surface area contributed by atoms with Crippen LogP contribution in [-0.4, -0.2) is 32.6 Å². The number of thioether (sulfide) groups is 1. The van der Waals surface area contributed by atoms with Gasteiger partial charge in [0, 0.05) is 11.6 Å². The van der Waals surface area contributed by atoms with Crippen LogP contribution >= 0.6 is 11.8 Å². The van der Waals surface area contributed by atoms with E-state index in [1.165, 1.54) is 29.3 Å². The second kappa shape index (κ2) is 6.83. The van der Waals surface area contributed by atoms with Gasteiger partial charge in [0.25, 0.3) is 0 Å². The zero-order valence-corrected chi connectivity index (χ0v) is 13.1. The van der Waals surface area contributed by atoms with Crippen LogP contribution in [-0.2, 0) is 4.79 Å². The van der Waals surface area contributed by atoms with Gasteiger partial charge in [-0.2, -0.15) is 0 Å². The predicted molar refractivity (Wildman–Crippen MR) is 86.7 cm³/mol. The normalized spacial score (nSPS) is 15.1. The van der Waals surface area contributed by atoms with Crippen LogP contribution in [0.25, 0.3) is 11.4 Å². The highest BCUT2D eigenvalue weighted by molar-refractivity contribution is 7.99. The van der Waals surface area contributed by atoms with Gasteiger partial charge in [-0.1, -0.05) is 54.9 Å². The van der Waals surface area contributed by atoms with E-state index in [2.05, 4.69) is 15.5 Å². The molecule has 0 aliphatic heterocycles. The number of rotatable bonds is 5. The molecule has 1 heterocycles. The van der Waals surface area contributed by atoms with Crippen LogP contribution in [0.1, 0.15) is 25.7 Å². The highest BCUT2D eigenvalue weighted by Gasteiger charge is 2.18. The first-order chi connectivity index (χ1) is 10.7. The molecule has 0 unspecified atom stereocenters. The zero-order valence-electron chi connectivity index (χ0n) is 12.2. The van der Waals surface area contributed by atoms with Crippen molar-refractivity contribution >= 4 is 17.7 Å². The van der Waals surface area contributed by atoms with Gasteiger partial charge in [0.15, 0.2) is 5.82 Å². The summed E-state index contributed by atoms with van der Waals surface area (Å²) in [5.41, 5.74) is 0.903. The maximum atomic E-state index is 11.9. The number of hydrogen-bond donors (Lipinski definition) is 2. The molecule has 3 N–H and O–H groups in total. The van der Waals surface area contributed by atoms with Crippen LogP contribution in [0.15, 0.2) is 35.5 Å². The van der Waals surface area contributed by atoms with Crippen LogP contribution < -0.4 is 11.2 Å². The van der Waals surface area contributed by atoms with Gasteiger partial charge in [0.2, 0.25) is 11.1 Å². The summed E-state index contributed by atoms with van der Waals surface area (Å²) in [6.07, 6.45) is 4.58. The molecule has 1 saturated carbocycles. The lowest BCUT2D eigenvalue weighted by Crippen LogP contribution is -2.34. The summed E-state index contributed by atoms with van der Waals surface area (Å²) in [4.78, 5) is 11.9. The molecule has 0 spiro atoms. The Balaban J connectivity index is 1.59. The van der Waals surface area contributed by atoms with E-state index in [4.69, 9.17) is 5.84 Å². The summed E-state index contributed by atoms with van der Waals surface area (Å²) in [7, 11) is 0. The number of nitrogens with zero attached hydrogens (tertiary/aromatic N) is 3. The Morgan fingerprint density at radius 1 is 1.27 bits per heavy atom.